The third-order valence-electron chi connectivity index (χ3n) is 2.68. The van der Waals surface area contributed by atoms with Gasteiger partial charge in [-0.15, -0.1) is 0 Å². The number of amides is 1. The first-order chi connectivity index (χ1) is 7.96. The molecular formula is C11H14N2O3S. The molecule has 1 aromatic carbocycles. The molecule has 0 radical (unpaired) electrons. The Hall–Kier alpha value is -1.40. The van der Waals surface area contributed by atoms with Crippen molar-refractivity contribution in [2.75, 3.05) is 6.26 Å². The van der Waals surface area contributed by atoms with Crippen molar-refractivity contribution in [3.05, 3.63) is 35.4 Å². The molecule has 5 nitrogen and oxygen atoms in total. The molecule has 0 aliphatic carbocycles. The van der Waals surface area contributed by atoms with Gasteiger partial charge >= 0.3 is 0 Å². The topological polar surface area (TPSA) is 75.3 Å². The third kappa shape index (κ3) is 3.04. The Bertz CT molecular complexity index is 539. The van der Waals surface area contributed by atoms with Crippen molar-refractivity contribution in [1.82, 2.24) is 10.0 Å². The lowest BCUT2D eigenvalue weighted by Gasteiger charge is -2.24. The molecule has 0 bridgehead atoms. The van der Waals surface area contributed by atoms with E-state index in [2.05, 4.69) is 5.32 Å². The minimum absolute atomic E-state index is 0.486. The van der Waals surface area contributed by atoms with E-state index in [4.69, 9.17) is 0 Å². The molecule has 92 valence electrons. The summed E-state index contributed by atoms with van der Waals surface area (Å²) in [6.07, 6.45) is 1.49. The van der Waals surface area contributed by atoms with Gasteiger partial charge in [0, 0.05) is 6.54 Å². The van der Waals surface area contributed by atoms with Crippen molar-refractivity contribution in [2.24, 2.45) is 0 Å². The fourth-order valence-corrected chi connectivity index (χ4v) is 2.40. The van der Waals surface area contributed by atoms with Gasteiger partial charge in [-0.1, -0.05) is 24.3 Å². The van der Waals surface area contributed by atoms with Gasteiger partial charge in [-0.2, -0.15) is 0 Å². The summed E-state index contributed by atoms with van der Waals surface area (Å²) < 4.78 is 23.9. The van der Waals surface area contributed by atoms with Crippen molar-refractivity contribution in [3.8, 4) is 0 Å². The van der Waals surface area contributed by atoms with Crippen LogP contribution in [0.15, 0.2) is 24.3 Å². The molecule has 6 heteroatoms. The first kappa shape index (κ1) is 12.1. The highest BCUT2D eigenvalue weighted by Crippen LogP contribution is 2.16. The number of sulfonamides is 1. The van der Waals surface area contributed by atoms with Crippen LogP contribution in [0, 0.1) is 0 Å². The fraction of sp³-hybridized carbons (Fsp3) is 0.364. The largest absolute Gasteiger partial charge is 0.301 e. The molecule has 0 aromatic heterocycles. The second kappa shape index (κ2) is 4.46. The number of fused-ring (bicyclic) bond motifs is 1. The van der Waals surface area contributed by atoms with Crippen LogP contribution < -0.4 is 10.0 Å². The van der Waals surface area contributed by atoms with E-state index >= 15 is 0 Å². The smallest absolute Gasteiger partial charge is 0.250 e. The summed E-state index contributed by atoms with van der Waals surface area (Å²) in [4.78, 5) is 11.7. The Balaban J connectivity index is 2.10. The van der Waals surface area contributed by atoms with Crippen molar-refractivity contribution in [3.63, 3.8) is 0 Å². The van der Waals surface area contributed by atoms with Gasteiger partial charge in [-0.3, -0.25) is 9.52 Å². The van der Waals surface area contributed by atoms with E-state index in [1.54, 1.807) is 0 Å². The highest BCUT2D eigenvalue weighted by molar-refractivity contribution is 7.89. The van der Waals surface area contributed by atoms with Crippen LogP contribution >= 0.6 is 0 Å². The van der Waals surface area contributed by atoms with Gasteiger partial charge in [0.05, 0.1) is 12.3 Å². The predicted octanol–water partition coefficient (Wildman–Crippen LogP) is -0.223. The molecule has 0 saturated carbocycles. The number of carbonyl (C=O) groups is 1. The van der Waals surface area contributed by atoms with E-state index in [1.807, 2.05) is 29.0 Å². The maximum Gasteiger partial charge on any atom is 0.250 e. The molecular weight excluding hydrogens is 240 g/mol. The van der Waals surface area contributed by atoms with Crippen LogP contribution in [0.4, 0.5) is 0 Å². The number of hydrogen-bond acceptors (Lipinski definition) is 4. The van der Waals surface area contributed by atoms with Gasteiger partial charge in [0.15, 0.2) is 0 Å². The van der Waals surface area contributed by atoms with Crippen LogP contribution in [0.5, 0.6) is 0 Å². The molecule has 1 unspecified atom stereocenters. The third-order valence-corrected chi connectivity index (χ3v) is 3.26. The maximum absolute atomic E-state index is 11.7. The van der Waals surface area contributed by atoms with Gasteiger partial charge in [0.1, 0.15) is 0 Å². The molecule has 1 heterocycles. The van der Waals surface area contributed by atoms with Gasteiger partial charge in [-0.05, 0) is 17.5 Å². The molecule has 1 aliphatic heterocycles. The Morgan fingerprint density at radius 3 is 2.65 bits per heavy atom. The van der Waals surface area contributed by atoms with Gasteiger partial charge in [-0.25, -0.2) is 8.42 Å². The second-order valence-corrected chi connectivity index (χ2v) is 5.89. The van der Waals surface area contributed by atoms with E-state index in [1.165, 1.54) is 0 Å². The Labute approximate surface area is 100 Å². The summed E-state index contributed by atoms with van der Waals surface area (Å²) in [5.74, 6) is -0.498. The maximum atomic E-state index is 11.7. The zero-order valence-electron chi connectivity index (χ0n) is 9.43. The molecule has 0 fully saturated rings. The van der Waals surface area contributed by atoms with E-state index in [0.29, 0.717) is 13.0 Å². The van der Waals surface area contributed by atoms with E-state index in [-0.39, 0.29) is 0 Å². The molecule has 1 aromatic rings. The number of nitrogens with one attached hydrogen (secondary N) is 2. The predicted molar refractivity (Wildman–Crippen MR) is 63.8 cm³/mol. The lowest BCUT2D eigenvalue weighted by molar-refractivity contribution is -0.121. The molecule has 17 heavy (non-hydrogen) atoms. The van der Waals surface area contributed by atoms with Gasteiger partial charge < -0.3 is 5.32 Å². The number of carbonyl (C=O) groups excluding carboxylic acids is 1. The van der Waals surface area contributed by atoms with E-state index < -0.39 is 22.0 Å². The first-order valence-electron chi connectivity index (χ1n) is 5.27. The monoisotopic (exact) mass is 254 g/mol. The summed E-state index contributed by atoms with van der Waals surface area (Å²) in [7, 11) is -3.49. The van der Waals surface area contributed by atoms with Crippen LogP contribution in [0.3, 0.4) is 0 Å². The average molecular weight is 254 g/mol. The van der Waals surface area contributed by atoms with Crippen molar-refractivity contribution in [1.29, 1.82) is 0 Å². The zero-order chi connectivity index (χ0) is 12.5. The molecule has 1 aliphatic rings. The normalized spacial score (nSPS) is 19.5. The van der Waals surface area contributed by atoms with Crippen LogP contribution in [0.25, 0.3) is 0 Å². The molecule has 2 rings (SSSR count). The van der Waals surface area contributed by atoms with E-state index in [9.17, 15) is 13.2 Å². The summed E-state index contributed by atoms with van der Waals surface area (Å²) in [5.41, 5.74) is 2.23. The van der Waals surface area contributed by atoms with Crippen molar-refractivity contribution < 1.29 is 13.2 Å². The quantitative estimate of drug-likeness (QED) is 0.765. The minimum Gasteiger partial charge on any atom is -0.301 e. The summed E-state index contributed by atoms with van der Waals surface area (Å²) in [5, 5.41) is 3.02. The Morgan fingerprint density at radius 2 is 2.00 bits per heavy atom. The molecule has 1 amide bonds. The second-order valence-electron chi connectivity index (χ2n) is 4.14. The molecule has 2 N–H and O–H groups in total. The van der Waals surface area contributed by atoms with Gasteiger partial charge in [0.25, 0.3) is 5.91 Å². The van der Waals surface area contributed by atoms with Crippen LogP contribution in [0.2, 0.25) is 0 Å². The summed E-state index contributed by atoms with van der Waals surface area (Å²) in [6.45, 7) is 0.581. The van der Waals surface area contributed by atoms with Gasteiger partial charge in [0.2, 0.25) is 10.0 Å². The standard InChI is InChI=1S/C11H14N2O3S/c1-17(15,16)13-11(14)10-6-8-4-2-3-5-9(8)7-12-10/h2-5,10,12H,6-7H2,1H3,(H,13,14). The number of hydrogen-bond donors (Lipinski definition) is 2. The summed E-state index contributed by atoms with van der Waals surface area (Å²) >= 11 is 0. The lowest BCUT2D eigenvalue weighted by atomic mass is 9.96. The number of rotatable bonds is 2. The molecule has 0 spiro atoms. The molecule has 0 saturated heterocycles. The lowest BCUT2D eigenvalue weighted by Crippen LogP contribution is -2.48. The Kier molecular flexibility index (Phi) is 3.17. The number of benzene rings is 1. The van der Waals surface area contributed by atoms with E-state index in [0.717, 1.165) is 17.4 Å². The van der Waals surface area contributed by atoms with Crippen LogP contribution in [0.1, 0.15) is 11.1 Å². The highest BCUT2D eigenvalue weighted by Gasteiger charge is 2.25. The minimum atomic E-state index is -3.49. The summed E-state index contributed by atoms with van der Waals surface area (Å²) in [6, 6.07) is 7.32. The van der Waals surface area contributed by atoms with Crippen molar-refractivity contribution >= 4 is 15.9 Å². The van der Waals surface area contributed by atoms with Crippen LogP contribution in [-0.4, -0.2) is 26.6 Å². The molecule has 1 atom stereocenters. The van der Waals surface area contributed by atoms with Crippen LogP contribution in [-0.2, 0) is 27.8 Å². The zero-order valence-corrected chi connectivity index (χ0v) is 10.3. The fourth-order valence-electron chi connectivity index (χ4n) is 1.89. The highest BCUT2D eigenvalue weighted by atomic mass is 32.2. The first-order valence-corrected chi connectivity index (χ1v) is 7.16. The Morgan fingerprint density at radius 1 is 1.35 bits per heavy atom. The SMILES string of the molecule is CS(=O)(=O)NC(=O)C1Cc2ccccc2CN1. The average Bonchev–Trinajstić information content (AvgIpc) is 2.26. The van der Waals surface area contributed by atoms with Crippen molar-refractivity contribution in [2.45, 2.75) is 19.0 Å².